The summed E-state index contributed by atoms with van der Waals surface area (Å²) in [6.07, 6.45) is 1.75. The first-order chi connectivity index (χ1) is 10.1. The molecule has 1 atom stereocenters. The number of ether oxygens (including phenoxy) is 1. The molecule has 0 aliphatic carbocycles. The predicted octanol–water partition coefficient (Wildman–Crippen LogP) is 1.59. The fourth-order valence-corrected chi connectivity index (χ4v) is 2.61. The molecule has 0 bridgehead atoms. The minimum atomic E-state index is -0.526. The molecule has 21 heavy (non-hydrogen) atoms. The number of benzene rings is 1. The van der Waals surface area contributed by atoms with Crippen LogP contribution in [0.15, 0.2) is 18.2 Å². The van der Waals surface area contributed by atoms with E-state index < -0.39 is 10.9 Å². The molecule has 1 fully saturated rings. The number of anilines is 1. The van der Waals surface area contributed by atoms with Crippen molar-refractivity contribution in [3.8, 4) is 0 Å². The third-order valence-corrected chi connectivity index (χ3v) is 3.71. The number of piperidine rings is 1. The van der Waals surface area contributed by atoms with E-state index in [0.29, 0.717) is 18.8 Å². The second-order valence-corrected chi connectivity index (χ2v) is 5.09. The van der Waals surface area contributed by atoms with Crippen molar-refractivity contribution >= 4 is 17.3 Å². The third-order valence-electron chi connectivity index (χ3n) is 3.71. The van der Waals surface area contributed by atoms with E-state index in [9.17, 15) is 20.0 Å². The molecule has 1 saturated heterocycles. The Morgan fingerprint density at radius 3 is 2.95 bits per heavy atom. The van der Waals surface area contributed by atoms with Crippen molar-refractivity contribution in [2.75, 3.05) is 31.7 Å². The Morgan fingerprint density at radius 1 is 1.57 bits per heavy atom. The minimum absolute atomic E-state index is 0.0405. The summed E-state index contributed by atoms with van der Waals surface area (Å²) >= 11 is 0. The van der Waals surface area contributed by atoms with E-state index in [-0.39, 0.29) is 23.8 Å². The van der Waals surface area contributed by atoms with Crippen LogP contribution in [-0.2, 0) is 4.74 Å². The number of carbonyl (C=O) groups is 1. The normalized spacial score (nSPS) is 18.4. The fraction of sp³-hybridized carbons (Fsp3) is 0.500. The first-order valence-corrected chi connectivity index (χ1v) is 6.79. The van der Waals surface area contributed by atoms with Gasteiger partial charge in [0.15, 0.2) is 0 Å². The second kappa shape index (κ2) is 6.53. The Kier molecular flexibility index (Phi) is 4.74. The molecule has 0 saturated carbocycles. The van der Waals surface area contributed by atoms with E-state index in [4.69, 9.17) is 0 Å². The summed E-state index contributed by atoms with van der Waals surface area (Å²) < 4.78 is 4.65. The Bertz CT molecular complexity index is 546. The molecule has 0 amide bonds. The maximum atomic E-state index is 11.6. The molecule has 1 aromatic carbocycles. The molecule has 1 aliphatic rings. The summed E-state index contributed by atoms with van der Waals surface area (Å²) in [5.74, 6) is -0.429. The average molecular weight is 294 g/mol. The maximum Gasteiger partial charge on any atom is 0.337 e. The zero-order valence-corrected chi connectivity index (χ0v) is 11.8. The van der Waals surface area contributed by atoms with Crippen molar-refractivity contribution in [2.45, 2.75) is 12.8 Å². The number of rotatable bonds is 4. The molecule has 7 heteroatoms. The lowest BCUT2D eigenvalue weighted by Crippen LogP contribution is -2.37. The largest absolute Gasteiger partial charge is 0.465 e. The zero-order valence-electron chi connectivity index (χ0n) is 11.8. The number of methoxy groups -OCH3 is 1. The molecule has 1 N–H and O–H groups in total. The van der Waals surface area contributed by atoms with E-state index in [1.54, 1.807) is 0 Å². The van der Waals surface area contributed by atoms with Crippen molar-refractivity contribution in [1.82, 2.24) is 0 Å². The molecule has 0 radical (unpaired) electrons. The molecule has 1 aliphatic heterocycles. The lowest BCUT2D eigenvalue weighted by atomic mass is 9.98. The molecule has 0 aromatic heterocycles. The van der Waals surface area contributed by atoms with Crippen molar-refractivity contribution in [1.29, 1.82) is 0 Å². The third kappa shape index (κ3) is 3.30. The maximum absolute atomic E-state index is 11.6. The fourth-order valence-electron chi connectivity index (χ4n) is 2.61. The van der Waals surface area contributed by atoms with Crippen LogP contribution < -0.4 is 4.90 Å². The van der Waals surface area contributed by atoms with Crippen molar-refractivity contribution in [3.05, 3.63) is 33.9 Å². The SMILES string of the molecule is COC(=O)c1ccc([N+](=O)[O-])c(N2CCCC(CO)C2)c1. The van der Waals surface area contributed by atoms with Gasteiger partial charge in [0.1, 0.15) is 5.69 Å². The van der Waals surface area contributed by atoms with E-state index >= 15 is 0 Å². The van der Waals surface area contributed by atoms with E-state index in [0.717, 1.165) is 12.8 Å². The van der Waals surface area contributed by atoms with Crippen LogP contribution in [0.4, 0.5) is 11.4 Å². The quantitative estimate of drug-likeness (QED) is 0.515. The standard InChI is InChI=1S/C14H18N2O5/c1-21-14(18)11-4-5-12(16(19)20)13(7-11)15-6-2-3-10(8-15)9-17/h4-5,7,10,17H,2-3,6,8-9H2,1H3. The molecule has 1 aromatic rings. The van der Waals surface area contributed by atoms with Crippen LogP contribution in [0.1, 0.15) is 23.2 Å². The van der Waals surface area contributed by atoms with Crippen molar-refractivity contribution in [3.63, 3.8) is 0 Å². The summed E-state index contributed by atoms with van der Waals surface area (Å²) in [6, 6.07) is 4.20. The number of nitro groups is 1. The Labute approximate surface area is 122 Å². The van der Waals surface area contributed by atoms with Gasteiger partial charge in [-0.25, -0.2) is 4.79 Å². The summed E-state index contributed by atoms with van der Waals surface area (Å²) in [5, 5.41) is 20.5. The minimum Gasteiger partial charge on any atom is -0.465 e. The van der Waals surface area contributed by atoms with Gasteiger partial charge in [-0.1, -0.05) is 0 Å². The molecular weight excluding hydrogens is 276 g/mol. The van der Waals surface area contributed by atoms with Gasteiger partial charge in [0.05, 0.1) is 17.6 Å². The monoisotopic (exact) mass is 294 g/mol. The van der Waals surface area contributed by atoms with Crippen LogP contribution in [0.25, 0.3) is 0 Å². The molecule has 7 nitrogen and oxygen atoms in total. The van der Waals surface area contributed by atoms with Gasteiger partial charge in [0.25, 0.3) is 5.69 Å². The molecule has 2 rings (SSSR count). The van der Waals surface area contributed by atoms with E-state index in [1.807, 2.05) is 4.90 Å². The second-order valence-electron chi connectivity index (χ2n) is 5.09. The number of esters is 1. The highest BCUT2D eigenvalue weighted by Crippen LogP contribution is 2.32. The summed E-state index contributed by atoms with van der Waals surface area (Å²) in [7, 11) is 1.27. The highest BCUT2D eigenvalue weighted by molar-refractivity contribution is 5.91. The van der Waals surface area contributed by atoms with Crippen molar-refractivity contribution < 1.29 is 19.6 Å². The van der Waals surface area contributed by atoms with Gasteiger partial charge in [0, 0.05) is 25.8 Å². The predicted molar refractivity (Wildman–Crippen MR) is 76.5 cm³/mol. The van der Waals surface area contributed by atoms with E-state index in [1.165, 1.54) is 25.3 Å². The first kappa shape index (κ1) is 15.2. The number of nitro benzene ring substituents is 1. The molecular formula is C14H18N2O5. The van der Waals surface area contributed by atoms with Gasteiger partial charge in [-0.05, 0) is 30.9 Å². The van der Waals surface area contributed by atoms with E-state index in [2.05, 4.69) is 4.74 Å². The highest BCUT2D eigenvalue weighted by Gasteiger charge is 2.26. The van der Waals surface area contributed by atoms with Crippen LogP contribution >= 0.6 is 0 Å². The topological polar surface area (TPSA) is 92.9 Å². The molecule has 114 valence electrons. The van der Waals surface area contributed by atoms with Crippen molar-refractivity contribution in [2.24, 2.45) is 5.92 Å². The van der Waals surface area contributed by atoms with Crippen LogP contribution in [0.2, 0.25) is 0 Å². The van der Waals surface area contributed by atoms with Gasteiger partial charge in [-0.3, -0.25) is 10.1 Å². The zero-order chi connectivity index (χ0) is 15.4. The Balaban J connectivity index is 2.38. The summed E-state index contributed by atoms with van der Waals surface area (Å²) in [6.45, 7) is 1.27. The Morgan fingerprint density at radius 2 is 2.33 bits per heavy atom. The van der Waals surface area contributed by atoms with Gasteiger partial charge >= 0.3 is 5.97 Å². The Hall–Kier alpha value is -2.15. The highest BCUT2D eigenvalue weighted by atomic mass is 16.6. The molecule has 1 unspecified atom stereocenters. The van der Waals surface area contributed by atoms with Crippen LogP contribution in [0.3, 0.4) is 0 Å². The lowest BCUT2D eigenvalue weighted by molar-refractivity contribution is -0.384. The number of nitrogens with zero attached hydrogens (tertiary/aromatic N) is 2. The van der Waals surface area contributed by atoms with Crippen LogP contribution in [0.5, 0.6) is 0 Å². The first-order valence-electron chi connectivity index (χ1n) is 6.79. The van der Waals surface area contributed by atoms with Gasteiger partial charge in [-0.15, -0.1) is 0 Å². The lowest BCUT2D eigenvalue weighted by Gasteiger charge is -2.33. The van der Waals surface area contributed by atoms with Crippen LogP contribution in [0, 0.1) is 16.0 Å². The van der Waals surface area contributed by atoms with Crippen LogP contribution in [-0.4, -0.2) is 42.8 Å². The molecule has 1 heterocycles. The number of aliphatic hydroxyl groups is 1. The number of carbonyl (C=O) groups excluding carboxylic acids is 1. The summed E-state index contributed by atoms with van der Waals surface area (Å²) in [4.78, 5) is 24.2. The number of hydrogen-bond donors (Lipinski definition) is 1. The molecule has 0 spiro atoms. The average Bonchev–Trinajstić information content (AvgIpc) is 2.53. The number of aliphatic hydroxyl groups excluding tert-OH is 1. The van der Waals surface area contributed by atoms with Gasteiger partial charge < -0.3 is 14.7 Å². The number of hydrogen-bond acceptors (Lipinski definition) is 6. The van der Waals surface area contributed by atoms with Gasteiger partial charge in [-0.2, -0.15) is 0 Å². The smallest absolute Gasteiger partial charge is 0.337 e. The van der Waals surface area contributed by atoms with Gasteiger partial charge in [0.2, 0.25) is 0 Å². The summed E-state index contributed by atoms with van der Waals surface area (Å²) in [5.41, 5.74) is 0.645.